The minimum absolute atomic E-state index is 0.0262. The largest absolute Gasteiger partial charge is 0.483 e. The van der Waals surface area contributed by atoms with Gasteiger partial charge in [-0.15, -0.1) is 0 Å². The fraction of sp³-hybridized carbons (Fsp3) is 0.125. The van der Waals surface area contributed by atoms with E-state index in [-0.39, 0.29) is 41.4 Å². The van der Waals surface area contributed by atoms with Gasteiger partial charge in [0.25, 0.3) is 5.91 Å². The third-order valence-corrected chi connectivity index (χ3v) is 5.27. The van der Waals surface area contributed by atoms with Crippen molar-refractivity contribution in [2.75, 3.05) is 28.7 Å². The Bertz CT molecular complexity index is 1400. The number of guanidine groups is 1. The Morgan fingerprint density at radius 1 is 1.17 bits per heavy atom. The molecule has 0 bridgehead atoms. The Labute approximate surface area is 201 Å². The lowest BCUT2D eigenvalue weighted by Gasteiger charge is -2.27. The molecule has 174 valence electrons. The summed E-state index contributed by atoms with van der Waals surface area (Å²) in [5.74, 6) is 0.353. The molecule has 0 fully saturated rings. The number of nitrogens with two attached hydrogens (primary N) is 2. The maximum atomic E-state index is 12.5. The second-order valence-corrected chi connectivity index (χ2v) is 7.64. The minimum atomic E-state index is -0.793. The van der Waals surface area contributed by atoms with E-state index in [2.05, 4.69) is 25.9 Å². The number of nitriles is 2. The molecule has 2 aromatic carbocycles. The number of carbonyl (C=O) groups excluding carboxylic acids is 1. The molecular weight excluding hydrogens is 446 g/mol. The average molecular weight is 467 g/mol. The molecule has 1 aromatic heterocycles. The highest BCUT2D eigenvalue weighted by molar-refractivity contribution is 5.98. The number of pyridine rings is 1. The van der Waals surface area contributed by atoms with E-state index >= 15 is 0 Å². The van der Waals surface area contributed by atoms with Crippen LogP contribution in [0, 0.1) is 29.7 Å². The number of anilines is 4. The van der Waals surface area contributed by atoms with Gasteiger partial charge in [0.15, 0.2) is 12.8 Å². The van der Waals surface area contributed by atoms with Crippen LogP contribution >= 0.6 is 0 Å². The van der Waals surface area contributed by atoms with Crippen molar-refractivity contribution in [1.29, 1.82) is 10.5 Å². The number of hydrogen-bond acceptors (Lipinski definition) is 10. The highest BCUT2D eigenvalue weighted by Gasteiger charge is 2.31. The van der Waals surface area contributed by atoms with E-state index in [1.54, 1.807) is 42.6 Å². The molecule has 0 saturated heterocycles. The van der Waals surface area contributed by atoms with Crippen LogP contribution in [0.4, 0.5) is 23.0 Å². The minimum Gasteiger partial charge on any atom is -0.483 e. The van der Waals surface area contributed by atoms with Crippen molar-refractivity contribution < 1.29 is 9.53 Å². The van der Waals surface area contributed by atoms with Crippen LogP contribution in [-0.4, -0.2) is 23.5 Å². The number of amides is 1. The van der Waals surface area contributed by atoms with Crippen LogP contribution in [0.1, 0.15) is 28.3 Å². The van der Waals surface area contributed by atoms with Crippen molar-refractivity contribution in [3.8, 4) is 18.0 Å². The number of benzene rings is 2. The maximum Gasteiger partial charge on any atom is 0.262 e. The summed E-state index contributed by atoms with van der Waals surface area (Å²) < 4.78 is 5.84. The van der Waals surface area contributed by atoms with Crippen molar-refractivity contribution >= 4 is 34.9 Å². The van der Waals surface area contributed by atoms with Crippen LogP contribution in [0.3, 0.4) is 0 Å². The molecule has 1 unspecified atom stereocenters. The molecule has 1 aliphatic rings. The fourth-order valence-electron chi connectivity index (χ4n) is 3.62. The number of carbonyl (C=O) groups is 1. The Balaban J connectivity index is 1.66. The molecule has 0 saturated carbocycles. The number of rotatable bonds is 5. The normalized spacial score (nSPS) is 13.8. The molecule has 35 heavy (non-hydrogen) atoms. The molecule has 1 atom stereocenters. The molecule has 0 radical (unpaired) electrons. The van der Waals surface area contributed by atoms with Gasteiger partial charge in [0, 0.05) is 16.8 Å². The zero-order chi connectivity index (χ0) is 24.9. The van der Waals surface area contributed by atoms with Crippen LogP contribution in [0.5, 0.6) is 5.75 Å². The summed E-state index contributed by atoms with van der Waals surface area (Å²) in [6.45, 7) is 1.70. The molecule has 3 aromatic rings. The summed E-state index contributed by atoms with van der Waals surface area (Å²) in [6.07, 6.45) is 1.80. The van der Waals surface area contributed by atoms with E-state index in [0.717, 1.165) is 5.56 Å². The van der Waals surface area contributed by atoms with E-state index in [1.807, 2.05) is 25.1 Å². The standard InChI is InChI=1S/C24H21N9O2/c1-13-6-8-14(9-7-13)30-18(34)11-35-17-5-3-2-4-15(17)21-19-20(27)16(10-25)22(28)32-23(19)33-24(31-21)29-12-26/h2-9,21H,11H2,1H3,(H,30,34)(H6,27,28,29,31,32,33). The van der Waals surface area contributed by atoms with Crippen LogP contribution < -0.4 is 32.2 Å². The molecule has 7 N–H and O–H groups in total. The number of aromatic nitrogens is 1. The first kappa shape index (κ1) is 22.9. The zero-order valence-electron chi connectivity index (χ0n) is 18.7. The Morgan fingerprint density at radius 3 is 2.63 bits per heavy atom. The Morgan fingerprint density at radius 2 is 1.91 bits per heavy atom. The molecule has 1 aliphatic heterocycles. The molecular formula is C24H21N9O2. The summed E-state index contributed by atoms with van der Waals surface area (Å²) in [6, 6.07) is 15.5. The molecule has 11 nitrogen and oxygen atoms in total. The van der Waals surface area contributed by atoms with Crippen molar-refractivity contribution in [2.24, 2.45) is 4.99 Å². The second kappa shape index (κ2) is 9.68. The first-order valence-corrected chi connectivity index (χ1v) is 10.5. The Hall–Kier alpha value is -5.29. The van der Waals surface area contributed by atoms with Crippen molar-refractivity contribution in [3.05, 3.63) is 70.8 Å². The van der Waals surface area contributed by atoms with Gasteiger partial charge in [-0.3, -0.25) is 10.1 Å². The van der Waals surface area contributed by atoms with E-state index in [1.165, 1.54) is 0 Å². The predicted octanol–water partition coefficient (Wildman–Crippen LogP) is 2.39. The van der Waals surface area contributed by atoms with Gasteiger partial charge >= 0.3 is 0 Å². The second-order valence-electron chi connectivity index (χ2n) is 7.64. The summed E-state index contributed by atoms with van der Waals surface area (Å²) in [7, 11) is 0. The number of fused-ring (bicyclic) bond motifs is 1. The molecule has 0 spiro atoms. The van der Waals surface area contributed by atoms with Crippen LogP contribution in [0.15, 0.2) is 53.5 Å². The number of para-hydroxylation sites is 1. The fourth-order valence-corrected chi connectivity index (χ4v) is 3.62. The van der Waals surface area contributed by atoms with E-state index in [0.29, 0.717) is 22.6 Å². The van der Waals surface area contributed by atoms with Gasteiger partial charge in [-0.05, 0) is 25.1 Å². The molecule has 11 heteroatoms. The first-order chi connectivity index (χ1) is 16.9. The van der Waals surface area contributed by atoms with Gasteiger partial charge in [-0.1, -0.05) is 35.9 Å². The summed E-state index contributed by atoms with van der Waals surface area (Å²) >= 11 is 0. The van der Waals surface area contributed by atoms with Crippen LogP contribution in [0.2, 0.25) is 0 Å². The monoisotopic (exact) mass is 467 g/mol. The number of hydrogen-bond donors (Lipinski definition) is 5. The Kier molecular flexibility index (Phi) is 6.33. The number of nitrogens with zero attached hydrogens (tertiary/aromatic N) is 4. The number of aryl methyl sites for hydroxylation is 1. The van der Waals surface area contributed by atoms with Gasteiger partial charge in [0.2, 0.25) is 5.96 Å². The molecule has 4 rings (SSSR count). The predicted molar refractivity (Wildman–Crippen MR) is 131 cm³/mol. The lowest BCUT2D eigenvalue weighted by atomic mass is 9.94. The number of nitrogen functional groups attached to an aromatic ring is 2. The van der Waals surface area contributed by atoms with E-state index < -0.39 is 6.04 Å². The zero-order valence-corrected chi connectivity index (χ0v) is 18.7. The first-order valence-electron chi connectivity index (χ1n) is 10.5. The van der Waals surface area contributed by atoms with Gasteiger partial charge in [-0.25, -0.2) is 9.98 Å². The quantitative estimate of drug-likeness (QED) is 0.277. The van der Waals surface area contributed by atoms with Crippen molar-refractivity contribution in [2.45, 2.75) is 13.0 Å². The molecule has 0 aliphatic carbocycles. The summed E-state index contributed by atoms with van der Waals surface area (Å²) in [5, 5.41) is 26.7. The molecule has 1 amide bonds. The topological polar surface area (TPSA) is 187 Å². The number of aliphatic imine (C=N–C) groups is 1. The highest BCUT2D eigenvalue weighted by atomic mass is 16.5. The lowest BCUT2D eigenvalue weighted by molar-refractivity contribution is -0.118. The van der Waals surface area contributed by atoms with Gasteiger partial charge < -0.3 is 26.8 Å². The van der Waals surface area contributed by atoms with E-state index in [9.17, 15) is 10.1 Å². The molecule has 2 heterocycles. The summed E-state index contributed by atoms with van der Waals surface area (Å²) in [4.78, 5) is 21.2. The smallest absolute Gasteiger partial charge is 0.262 e. The van der Waals surface area contributed by atoms with Gasteiger partial charge in [-0.2, -0.15) is 10.5 Å². The van der Waals surface area contributed by atoms with Crippen molar-refractivity contribution in [3.63, 3.8) is 0 Å². The highest BCUT2D eigenvalue weighted by Crippen LogP contribution is 2.43. The lowest BCUT2D eigenvalue weighted by Crippen LogP contribution is -2.33. The third kappa shape index (κ3) is 4.74. The van der Waals surface area contributed by atoms with E-state index in [4.69, 9.17) is 21.5 Å². The number of nitrogens with one attached hydrogen (secondary N) is 3. The van der Waals surface area contributed by atoms with Gasteiger partial charge in [0.05, 0.1) is 5.69 Å². The average Bonchev–Trinajstić information content (AvgIpc) is 2.84. The summed E-state index contributed by atoms with van der Waals surface area (Å²) in [5.41, 5.74) is 15.0. The van der Waals surface area contributed by atoms with Crippen molar-refractivity contribution in [1.82, 2.24) is 10.3 Å². The SMILES string of the molecule is Cc1ccc(NC(=O)COc2ccccc2C2N=C(NC#N)Nc3nc(N)c(C#N)c(N)c32)cc1. The van der Waals surface area contributed by atoms with Crippen LogP contribution in [0.25, 0.3) is 0 Å². The number of ether oxygens (including phenoxy) is 1. The van der Waals surface area contributed by atoms with Crippen LogP contribution in [-0.2, 0) is 4.79 Å². The maximum absolute atomic E-state index is 12.5. The van der Waals surface area contributed by atoms with Gasteiger partial charge in [0.1, 0.15) is 35.1 Å². The third-order valence-electron chi connectivity index (χ3n) is 5.27.